The van der Waals surface area contributed by atoms with Crippen LogP contribution in [0.4, 0.5) is 4.79 Å². The first-order valence-electron chi connectivity index (χ1n) is 8.81. The van der Waals surface area contributed by atoms with Gasteiger partial charge >= 0.3 is 6.03 Å². The predicted molar refractivity (Wildman–Crippen MR) is 85.8 cm³/mol. The van der Waals surface area contributed by atoms with E-state index in [1.54, 1.807) is 4.68 Å². The second-order valence-electron chi connectivity index (χ2n) is 7.45. The summed E-state index contributed by atoms with van der Waals surface area (Å²) in [7, 11) is 1.90. The highest BCUT2D eigenvalue weighted by Crippen LogP contribution is 2.60. The van der Waals surface area contributed by atoms with Gasteiger partial charge in [-0.05, 0) is 49.9 Å². The molecule has 4 rings (SSSR count). The van der Waals surface area contributed by atoms with E-state index in [0.29, 0.717) is 5.41 Å². The summed E-state index contributed by atoms with van der Waals surface area (Å²) in [6, 6.07) is -0.0367. The van der Waals surface area contributed by atoms with E-state index in [2.05, 4.69) is 15.7 Å². The van der Waals surface area contributed by atoms with Crippen LogP contribution < -0.4 is 10.6 Å². The molecule has 3 aliphatic rings. The van der Waals surface area contributed by atoms with Crippen molar-refractivity contribution in [3.05, 3.63) is 18.0 Å². The van der Waals surface area contributed by atoms with Crippen LogP contribution in [0.1, 0.15) is 50.2 Å². The third-order valence-corrected chi connectivity index (χ3v) is 5.63. The standard InChI is InChI=1S/C17H26N4O2/c1-21-10-12(9-19-21)15-14(3-2-8-23-15)20-16(22)18-11-17(6-7-17)13-4-5-13/h9-10,13-15H,2-8,11H2,1H3,(H2,18,20,22)/t14-,15+/m0/s1. The van der Waals surface area contributed by atoms with Gasteiger partial charge in [-0.25, -0.2) is 4.79 Å². The maximum Gasteiger partial charge on any atom is 0.315 e. The van der Waals surface area contributed by atoms with Crippen molar-refractivity contribution in [2.75, 3.05) is 13.2 Å². The minimum absolute atomic E-state index is 0.0176. The highest BCUT2D eigenvalue weighted by molar-refractivity contribution is 5.74. The molecule has 126 valence electrons. The lowest BCUT2D eigenvalue weighted by molar-refractivity contribution is -0.00749. The number of aryl methyl sites for hydroxylation is 1. The second kappa shape index (κ2) is 5.82. The second-order valence-corrected chi connectivity index (χ2v) is 7.45. The largest absolute Gasteiger partial charge is 0.371 e. The Morgan fingerprint density at radius 3 is 2.91 bits per heavy atom. The van der Waals surface area contributed by atoms with Gasteiger partial charge in [0.15, 0.2) is 0 Å². The number of nitrogens with one attached hydrogen (secondary N) is 2. The SMILES string of the molecule is Cn1cc([C@H]2OCCC[C@@H]2NC(=O)NCC2(C3CC3)CC2)cn1. The fourth-order valence-electron chi connectivity index (χ4n) is 3.91. The molecule has 2 atom stereocenters. The Bertz CT molecular complexity index is 577. The molecule has 0 unspecified atom stereocenters. The average molecular weight is 318 g/mol. The van der Waals surface area contributed by atoms with Gasteiger partial charge in [-0.3, -0.25) is 4.68 Å². The van der Waals surface area contributed by atoms with E-state index in [0.717, 1.165) is 37.5 Å². The first kappa shape index (κ1) is 15.0. The topological polar surface area (TPSA) is 68.2 Å². The van der Waals surface area contributed by atoms with Crippen LogP contribution in [-0.2, 0) is 11.8 Å². The van der Waals surface area contributed by atoms with Gasteiger partial charge < -0.3 is 15.4 Å². The molecule has 2 amide bonds. The Labute approximate surface area is 137 Å². The Balaban J connectivity index is 1.33. The van der Waals surface area contributed by atoms with Crippen LogP contribution in [0, 0.1) is 11.3 Å². The molecular weight excluding hydrogens is 292 g/mol. The minimum atomic E-state index is -0.0958. The lowest BCUT2D eigenvalue weighted by atomic mass is 9.98. The zero-order chi connectivity index (χ0) is 15.9. The zero-order valence-electron chi connectivity index (χ0n) is 13.8. The summed E-state index contributed by atoms with van der Waals surface area (Å²) in [6.45, 7) is 1.57. The number of ether oxygens (including phenoxy) is 1. The third-order valence-electron chi connectivity index (χ3n) is 5.63. The fraction of sp³-hybridized carbons (Fsp3) is 0.765. The summed E-state index contributed by atoms with van der Waals surface area (Å²) in [4.78, 5) is 12.3. The quantitative estimate of drug-likeness (QED) is 0.874. The molecular formula is C17H26N4O2. The normalized spacial score (nSPS) is 29.1. The first-order chi connectivity index (χ1) is 11.2. The molecule has 6 nitrogen and oxygen atoms in total. The number of urea groups is 1. The van der Waals surface area contributed by atoms with E-state index in [9.17, 15) is 4.79 Å². The van der Waals surface area contributed by atoms with E-state index in [-0.39, 0.29) is 18.2 Å². The van der Waals surface area contributed by atoms with Gasteiger partial charge in [0.25, 0.3) is 0 Å². The van der Waals surface area contributed by atoms with Crippen molar-refractivity contribution in [1.29, 1.82) is 0 Å². The Kier molecular flexibility index (Phi) is 3.79. The van der Waals surface area contributed by atoms with Gasteiger partial charge in [-0.15, -0.1) is 0 Å². The molecule has 2 heterocycles. The third kappa shape index (κ3) is 3.22. The van der Waals surface area contributed by atoms with Gasteiger partial charge in [-0.1, -0.05) is 0 Å². The molecule has 1 aliphatic heterocycles. The number of hydrogen-bond donors (Lipinski definition) is 2. The summed E-state index contributed by atoms with van der Waals surface area (Å²) in [5.74, 6) is 0.865. The predicted octanol–water partition coefficient (Wildman–Crippen LogP) is 2.13. The van der Waals surface area contributed by atoms with E-state index in [1.807, 2.05) is 19.4 Å². The van der Waals surface area contributed by atoms with Gasteiger partial charge in [0.1, 0.15) is 6.10 Å². The molecule has 0 bridgehead atoms. The number of carbonyl (C=O) groups excluding carboxylic acids is 1. The number of amides is 2. The molecule has 2 N–H and O–H groups in total. The molecule has 1 aromatic rings. The number of hydrogen-bond acceptors (Lipinski definition) is 3. The number of nitrogens with zero attached hydrogens (tertiary/aromatic N) is 2. The van der Waals surface area contributed by atoms with Gasteiger partial charge in [0.05, 0.1) is 12.2 Å². The monoisotopic (exact) mass is 318 g/mol. The number of rotatable bonds is 5. The van der Waals surface area contributed by atoms with Gasteiger partial charge in [-0.2, -0.15) is 5.10 Å². The smallest absolute Gasteiger partial charge is 0.315 e. The van der Waals surface area contributed by atoms with Crippen molar-refractivity contribution >= 4 is 6.03 Å². The lowest BCUT2D eigenvalue weighted by Crippen LogP contribution is -2.48. The van der Waals surface area contributed by atoms with E-state index >= 15 is 0 Å². The summed E-state index contributed by atoms with van der Waals surface area (Å²) >= 11 is 0. The zero-order valence-corrected chi connectivity index (χ0v) is 13.8. The molecule has 0 spiro atoms. The maximum atomic E-state index is 12.3. The first-order valence-corrected chi connectivity index (χ1v) is 8.81. The van der Waals surface area contributed by atoms with Crippen LogP contribution in [0.25, 0.3) is 0 Å². The van der Waals surface area contributed by atoms with Crippen molar-refractivity contribution in [2.45, 2.75) is 50.7 Å². The number of aromatic nitrogens is 2. The fourth-order valence-corrected chi connectivity index (χ4v) is 3.91. The molecule has 3 fully saturated rings. The Morgan fingerprint density at radius 2 is 2.26 bits per heavy atom. The summed E-state index contributed by atoms with van der Waals surface area (Å²) in [6.07, 6.45) is 10.9. The van der Waals surface area contributed by atoms with E-state index in [4.69, 9.17) is 4.74 Å². The van der Waals surface area contributed by atoms with E-state index in [1.165, 1.54) is 25.7 Å². The molecule has 6 heteroatoms. The lowest BCUT2D eigenvalue weighted by Gasteiger charge is -2.32. The van der Waals surface area contributed by atoms with Crippen molar-refractivity contribution in [3.8, 4) is 0 Å². The van der Waals surface area contributed by atoms with Crippen LogP contribution in [0.15, 0.2) is 12.4 Å². The minimum Gasteiger partial charge on any atom is -0.371 e. The summed E-state index contributed by atoms with van der Waals surface area (Å²) in [5.41, 5.74) is 1.47. The summed E-state index contributed by atoms with van der Waals surface area (Å²) in [5, 5.41) is 10.4. The molecule has 2 saturated carbocycles. The van der Waals surface area contributed by atoms with E-state index < -0.39 is 0 Å². The van der Waals surface area contributed by atoms with Crippen LogP contribution in [0.5, 0.6) is 0 Å². The summed E-state index contributed by atoms with van der Waals surface area (Å²) < 4.78 is 7.68. The molecule has 1 aromatic heterocycles. The Morgan fingerprint density at radius 1 is 1.43 bits per heavy atom. The molecule has 23 heavy (non-hydrogen) atoms. The molecule has 1 saturated heterocycles. The van der Waals surface area contributed by atoms with Crippen molar-refractivity contribution in [2.24, 2.45) is 18.4 Å². The maximum absolute atomic E-state index is 12.3. The number of carbonyl (C=O) groups is 1. The Hall–Kier alpha value is -1.56. The van der Waals surface area contributed by atoms with Gasteiger partial charge in [0, 0.05) is 32.0 Å². The van der Waals surface area contributed by atoms with Crippen molar-refractivity contribution < 1.29 is 9.53 Å². The van der Waals surface area contributed by atoms with Crippen molar-refractivity contribution in [1.82, 2.24) is 20.4 Å². The molecule has 0 radical (unpaired) electrons. The van der Waals surface area contributed by atoms with Crippen molar-refractivity contribution in [3.63, 3.8) is 0 Å². The van der Waals surface area contributed by atoms with Gasteiger partial charge in [0.2, 0.25) is 0 Å². The highest BCUT2D eigenvalue weighted by atomic mass is 16.5. The average Bonchev–Trinajstić information content (AvgIpc) is 3.44. The van der Waals surface area contributed by atoms with Crippen LogP contribution in [0.3, 0.4) is 0 Å². The molecule has 0 aromatic carbocycles. The van der Waals surface area contributed by atoms with Crippen LogP contribution >= 0.6 is 0 Å². The van der Waals surface area contributed by atoms with Crippen LogP contribution in [-0.4, -0.2) is 35.0 Å². The van der Waals surface area contributed by atoms with Crippen LogP contribution in [0.2, 0.25) is 0 Å². The molecule has 2 aliphatic carbocycles. The highest BCUT2D eigenvalue weighted by Gasteiger charge is 2.53.